The van der Waals surface area contributed by atoms with Gasteiger partial charge in [0.05, 0.1) is 25.8 Å². The van der Waals surface area contributed by atoms with E-state index in [0.29, 0.717) is 31.1 Å². The first-order chi connectivity index (χ1) is 14.3. The van der Waals surface area contributed by atoms with Gasteiger partial charge in [0.25, 0.3) is 0 Å². The Morgan fingerprint density at radius 1 is 1.13 bits per heavy atom. The Bertz CT molecular complexity index is 1180. The molecule has 0 amide bonds. The number of nitrogens with one attached hydrogen (secondary N) is 1. The van der Waals surface area contributed by atoms with Crippen LogP contribution in [-0.2, 0) is 23.0 Å². The molecule has 1 aromatic heterocycles. The summed E-state index contributed by atoms with van der Waals surface area (Å²) in [6, 6.07) is 12.1. The van der Waals surface area contributed by atoms with Crippen molar-refractivity contribution in [2.24, 2.45) is 0 Å². The van der Waals surface area contributed by atoms with E-state index < -0.39 is 10.0 Å². The number of hydrogen-bond donors (Lipinski definition) is 1. The van der Waals surface area contributed by atoms with Gasteiger partial charge in [-0.1, -0.05) is 18.2 Å². The molecule has 30 heavy (non-hydrogen) atoms. The van der Waals surface area contributed by atoms with Crippen LogP contribution in [0.25, 0.3) is 11.4 Å². The molecule has 0 aliphatic carbocycles. The van der Waals surface area contributed by atoms with E-state index in [4.69, 9.17) is 4.74 Å². The fraction of sp³-hybridized carbons (Fsp3) is 0.273. The minimum absolute atomic E-state index is 0.405. The van der Waals surface area contributed by atoms with Gasteiger partial charge in [0, 0.05) is 30.0 Å². The highest BCUT2D eigenvalue weighted by Gasteiger charge is 2.24. The van der Waals surface area contributed by atoms with E-state index in [9.17, 15) is 8.42 Å². The normalized spacial score (nSPS) is 14.2. The molecule has 0 unspecified atom stereocenters. The summed E-state index contributed by atoms with van der Waals surface area (Å²) >= 11 is 0. The van der Waals surface area contributed by atoms with E-state index in [1.54, 1.807) is 19.5 Å². The standard InChI is InChI=1S/C22H24N4O3S/c1-15-7-8-17(11-20(15)22-23-12-18(29-2)13-24-22)25-21-6-4-5-16-14-26(30(3,27)28)10-9-19(16)21/h4-8,11-13,25H,9-10,14H2,1-3H3. The Labute approximate surface area is 176 Å². The fourth-order valence-corrected chi connectivity index (χ4v) is 4.44. The van der Waals surface area contributed by atoms with E-state index in [1.807, 2.05) is 43.3 Å². The largest absolute Gasteiger partial charge is 0.494 e. The second-order valence-electron chi connectivity index (χ2n) is 7.39. The summed E-state index contributed by atoms with van der Waals surface area (Å²) < 4.78 is 30.5. The van der Waals surface area contributed by atoms with Gasteiger partial charge >= 0.3 is 0 Å². The average Bonchev–Trinajstić information content (AvgIpc) is 2.74. The summed E-state index contributed by atoms with van der Waals surface area (Å²) in [5.41, 5.74) is 6.11. The molecule has 4 rings (SSSR count). The Hall–Kier alpha value is -2.97. The molecule has 3 aromatic rings. The van der Waals surface area contributed by atoms with Crippen molar-refractivity contribution >= 4 is 21.4 Å². The maximum atomic E-state index is 11.9. The molecule has 1 N–H and O–H groups in total. The van der Waals surface area contributed by atoms with Crippen LogP contribution >= 0.6 is 0 Å². The molecule has 1 aliphatic rings. The second kappa shape index (κ2) is 8.04. The van der Waals surface area contributed by atoms with Crippen molar-refractivity contribution in [3.05, 3.63) is 65.5 Å². The van der Waals surface area contributed by atoms with E-state index >= 15 is 0 Å². The van der Waals surface area contributed by atoms with Crippen LogP contribution in [0.15, 0.2) is 48.8 Å². The number of fused-ring (bicyclic) bond motifs is 1. The molecular formula is C22H24N4O3S. The number of rotatable bonds is 5. The van der Waals surface area contributed by atoms with Crippen molar-refractivity contribution in [1.29, 1.82) is 0 Å². The summed E-state index contributed by atoms with van der Waals surface area (Å²) in [6.07, 6.45) is 5.24. The minimum atomic E-state index is -3.20. The quantitative estimate of drug-likeness (QED) is 0.675. The zero-order valence-electron chi connectivity index (χ0n) is 17.2. The summed E-state index contributed by atoms with van der Waals surface area (Å²) in [5, 5.41) is 3.50. The molecule has 0 radical (unpaired) electrons. The Balaban J connectivity index is 1.63. The lowest BCUT2D eigenvalue weighted by molar-refractivity contribution is 0.395. The number of hydrogen-bond acceptors (Lipinski definition) is 6. The van der Waals surface area contributed by atoms with Crippen molar-refractivity contribution < 1.29 is 13.2 Å². The lowest BCUT2D eigenvalue weighted by Crippen LogP contribution is -2.35. The molecule has 7 nitrogen and oxygen atoms in total. The van der Waals surface area contributed by atoms with Crippen molar-refractivity contribution in [3.8, 4) is 17.1 Å². The van der Waals surface area contributed by atoms with E-state index in [-0.39, 0.29) is 0 Å². The fourth-order valence-electron chi connectivity index (χ4n) is 3.64. The molecule has 2 aromatic carbocycles. The molecule has 156 valence electrons. The summed E-state index contributed by atoms with van der Waals surface area (Å²) in [6.45, 7) is 2.92. The third-order valence-electron chi connectivity index (χ3n) is 5.32. The van der Waals surface area contributed by atoms with Crippen LogP contribution in [0.4, 0.5) is 11.4 Å². The number of aryl methyl sites for hydroxylation is 1. The third-order valence-corrected chi connectivity index (χ3v) is 6.57. The topological polar surface area (TPSA) is 84.4 Å². The van der Waals surface area contributed by atoms with Gasteiger partial charge < -0.3 is 10.1 Å². The Morgan fingerprint density at radius 3 is 2.60 bits per heavy atom. The predicted molar refractivity (Wildman–Crippen MR) is 117 cm³/mol. The van der Waals surface area contributed by atoms with Gasteiger partial charge in [-0.3, -0.25) is 0 Å². The first-order valence-electron chi connectivity index (χ1n) is 9.65. The predicted octanol–water partition coefficient (Wildman–Crippen LogP) is 3.52. The minimum Gasteiger partial charge on any atom is -0.494 e. The maximum Gasteiger partial charge on any atom is 0.211 e. The van der Waals surface area contributed by atoms with Crippen molar-refractivity contribution in [1.82, 2.24) is 14.3 Å². The molecule has 0 saturated heterocycles. The summed E-state index contributed by atoms with van der Waals surface area (Å²) in [5.74, 6) is 1.25. The number of nitrogens with zero attached hydrogens (tertiary/aromatic N) is 3. The van der Waals surface area contributed by atoms with Crippen LogP contribution in [0.1, 0.15) is 16.7 Å². The average molecular weight is 425 g/mol. The number of ether oxygens (including phenoxy) is 1. The molecule has 8 heteroatoms. The van der Waals surface area contributed by atoms with E-state index in [1.165, 1.54) is 10.6 Å². The maximum absolute atomic E-state index is 11.9. The SMILES string of the molecule is COc1cnc(-c2cc(Nc3cccc4c3CCN(S(C)(=O)=O)C4)ccc2C)nc1. The van der Waals surface area contributed by atoms with Crippen molar-refractivity contribution in [2.45, 2.75) is 19.9 Å². The molecule has 0 fully saturated rings. The van der Waals surface area contributed by atoms with E-state index in [0.717, 1.165) is 33.6 Å². The first-order valence-corrected chi connectivity index (χ1v) is 11.5. The number of benzene rings is 2. The molecular weight excluding hydrogens is 400 g/mol. The molecule has 0 spiro atoms. The first kappa shape index (κ1) is 20.3. The van der Waals surface area contributed by atoms with Gasteiger partial charge in [-0.2, -0.15) is 4.31 Å². The van der Waals surface area contributed by atoms with Gasteiger partial charge in [-0.15, -0.1) is 0 Å². The second-order valence-corrected chi connectivity index (χ2v) is 9.37. The van der Waals surface area contributed by atoms with Gasteiger partial charge in [-0.05, 0) is 48.2 Å². The molecule has 1 aliphatic heterocycles. The molecule has 0 atom stereocenters. The number of aromatic nitrogens is 2. The highest BCUT2D eigenvalue weighted by Crippen LogP contribution is 2.31. The van der Waals surface area contributed by atoms with Crippen LogP contribution in [-0.4, -0.2) is 42.6 Å². The van der Waals surface area contributed by atoms with Crippen LogP contribution in [0, 0.1) is 6.92 Å². The van der Waals surface area contributed by atoms with Crippen molar-refractivity contribution in [3.63, 3.8) is 0 Å². The van der Waals surface area contributed by atoms with Gasteiger partial charge in [0.15, 0.2) is 11.6 Å². The Morgan fingerprint density at radius 2 is 1.90 bits per heavy atom. The van der Waals surface area contributed by atoms with E-state index in [2.05, 4.69) is 15.3 Å². The monoisotopic (exact) mass is 424 g/mol. The molecule has 0 bridgehead atoms. The van der Waals surface area contributed by atoms with Gasteiger partial charge in [-0.25, -0.2) is 18.4 Å². The molecule has 0 saturated carbocycles. The highest BCUT2D eigenvalue weighted by molar-refractivity contribution is 7.88. The Kier molecular flexibility index (Phi) is 5.44. The van der Waals surface area contributed by atoms with Crippen LogP contribution in [0.3, 0.4) is 0 Å². The summed E-state index contributed by atoms with van der Waals surface area (Å²) in [7, 11) is -1.61. The smallest absolute Gasteiger partial charge is 0.211 e. The van der Waals surface area contributed by atoms with Crippen LogP contribution < -0.4 is 10.1 Å². The van der Waals surface area contributed by atoms with Crippen molar-refractivity contribution in [2.75, 3.05) is 25.2 Å². The zero-order valence-corrected chi connectivity index (χ0v) is 18.0. The van der Waals surface area contributed by atoms with Gasteiger partial charge in [0.1, 0.15) is 0 Å². The third kappa shape index (κ3) is 4.15. The summed E-state index contributed by atoms with van der Waals surface area (Å²) in [4.78, 5) is 8.81. The number of methoxy groups -OCH3 is 1. The number of sulfonamides is 1. The van der Waals surface area contributed by atoms with Gasteiger partial charge in [0.2, 0.25) is 10.0 Å². The zero-order chi connectivity index (χ0) is 21.3. The molecule has 2 heterocycles. The highest BCUT2D eigenvalue weighted by atomic mass is 32.2. The lowest BCUT2D eigenvalue weighted by Gasteiger charge is -2.28. The van der Waals surface area contributed by atoms with Crippen LogP contribution in [0.5, 0.6) is 5.75 Å². The van der Waals surface area contributed by atoms with Crippen LogP contribution in [0.2, 0.25) is 0 Å². The lowest BCUT2D eigenvalue weighted by atomic mass is 9.98. The number of anilines is 2.